The standard InChI is InChI=1S/C19H28BrNO2/c1-3-22-18-13-16(12-17(20)19(18)23-4-2)14-21-11-10-15-8-6-5-7-9-15/h8,12-13,21H,3-7,9-11,14H2,1-2H3. The fourth-order valence-electron chi connectivity index (χ4n) is 2.88. The molecule has 4 heteroatoms. The van der Waals surface area contributed by atoms with Gasteiger partial charge in [-0.3, -0.25) is 0 Å². The average molecular weight is 382 g/mol. The number of nitrogens with one attached hydrogen (secondary N) is 1. The first-order valence-corrected chi connectivity index (χ1v) is 9.50. The van der Waals surface area contributed by atoms with Crippen molar-refractivity contribution in [1.82, 2.24) is 5.32 Å². The molecule has 0 heterocycles. The van der Waals surface area contributed by atoms with Crippen LogP contribution in [0.15, 0.2) is 28.3 Å². The van der Waals surface area contributed by atoms with Crippen LogP contribution in [0.4, 0.5) is 0 Å². The van der Waals surface area contributed by atoms with Crippen LogP contribution in [0.5, 0.6) is 11.5 Å². The minimum Gasteiger partial charge on any atom is -0.490 e. The van der Waals surface area contributed by atoms with E-state index in [9.17, 15) is 0 Å². The second-order valence-electron chi connectivity index (χ2n) is 5.81. The summed E-state index contributed by atoms with van der Waals surface area (Å²) < 4.78 is 12.4. The van der Waals surface area contributed by atoms with E-state index in [4.69, 9.17) is 9.47 Å². The molecule has 1 N–H and O–H groups in total. The fourth-order valence-corrected chi connectivity index (χ4v) is 3.49. The maximum Gasteiger partial charge on any atom is 0.175 e. The molecule has 0 aromatic heterocycles. The van der Waals surface area contributed by atoms with Crippen molar-refractivity contribution >= 4 is 15.9 Å². The van der Waals surface area contributed by atoms with Crippen molar-refractivity contribution in [2.75, 3.05) is 19.8 Å². The number of allylic oxidation sites excluding steroid dienone is 1. The summed E-state index contributed by atoms with van der Waals surface area (Å²) in [6.45, 7) is 7.12. The summed E-state index contributed by atoms with van der Waals surface area (Å²) in [7, 11) is 0. The van der Waals surface area contributed by atoms with Crippen molar-refractivity contribution in [3.8, 4) is 11.5 Å². The zero-order valence-electron chi connectivity index (χ0n) is 14.3. The average Bonchev–Trinajstić information content (AvgIpc) is 2.56. The Hall–Kier alpha value is -1.00. The highest BCUT2D eigenvalue weighted by molar-refractivity contribution is 9.10. The van der Waals surface area contributed by atoms with E-state index in [0.29, 0.717) is 13.2 Å². The highest BCUT2D eigenvalue weighted by Crippen LogP contribution is 2.37. The molecule has 128 valence electrons. The van der Waals surface area contributed by atoms with Gasteiger partial charge in [0.25, 0.3) is 0 Å². The minimum atomic E-state index is 0.630. The highest BCUT2D eigenvalue weighted by Gasteiger charge is 2.12. The van der Waals surface area contributed by atoms with Crippen LogP contribution in [0.1, 0.15) is 51.5 Å². The van der Waals surface area contributed by atoms with E-state index in [1.807, 2.05) is 13.8 Å². The summed E-state index contributed by atoms with van der Waals surface area (Å²) in [5, 5.41) is 3.54. The van der Waals surface area contributed by atoms with E-state index in [1.54, 1.807) is 5.57 Å². The van der Waals surface area contributed by atoms with Gasteiger partial charge in [0, 0.05) is 6.54 Å². The van der Waals surface area contributed by atoms with Gasteiger partial charge in [-0.2, -0.15) is 0 Å². The summed E-state index contributed by atoms with van der Waals surface area (Å²) >= 11 is 3.60. The van der Waals surface area contributed by atoms with Gasteiger partial charge < -0.3 is 14.8 Å². The summed E-state index contributed by atoms with van der Waals surface area (Å²) in [5.41, 5.74) is 2.83. The lowest BCUT2D eigenvalue weighted by Gasteiger charge is -2.15. The molecule has 1 aliphatic carbocycles. The van der Waals surface area contributed by atoms with E-state index in [1.165, 1.54) is 31.2 Å². The summed E-state index contributed by atoms with van der Waals surface area (Å²) in [5.74, 6) is 1.61. The first-order chi connectivity index (χ1) is 11.2. The van der Waals surface area contributed by atoms with Crippen molar-refractivity contribution in [2.24, 2.45) is 0 Å². The molecule has 0 amide bonds. The third-order valence-corrected chi connectivity index (χ3v) is 4.58. The molecule has 0 saturated heterocycles. The van der Waals surface area contributed by atoms with Crippen molar-refractivity contribution in [3.05, 3.63) is 33.8 Å². The van der Waals surface area contributed by atoms with Crippen LogP contribution in [0.2, 0.25) is 0 Å². The monoisotopic (exact) mass is 381 g/mol. The van der Waals surface area contributed by atoms with Crippen LogP contribution in [0.25, 0.3) is 0 Å². The third-order valence-electron chi connectivity index (χ3n) is 3.99. The van der Waals surface area contributed by atoms with E-state index in [-0.39, 0.29) is 0 Å². The van der Waals surface area contributed by atoms with Crippen LogP contribution >= 0.6 is 15.9 Å². The second kappa shape index (κ2) is 9.99. The van der Waals surface area contributed by atoms with Gasteiger partial charge in [0.2, 0.25) is 0 Å². The minimum absolute atomic E-state index is 0.630. The zero-order valence-corrected chi connectivity index (χ0v) is 15.9. The molecule has 0 saturated carbocycles. The maximum absolute atomic E-state index is 5.72. The lowest BCUT2D eigenvalue weighted by Crippen LogP contribution is -2.16. The van der Waals surface area contributed by atoms with Gasteiger partial charge in [-0.05, 0) is 86.1 Å². The van der Waals surface area contributed by atoms with Crippen molar-refractivity contribution in [3.63, 3.8) is 0 Å². The Morgan fingerprint density at radius 1 is 1.13 bits per heavy atom. The summed E-state index contributed by atoms with van der Waals surface area (Å²) in [6, 6.07) is 4.19. The lowest BCUT2D eigenvalue weighted by atomic mass is 9.97. The first-order valence-electron chi connectivity index (χ1n) is 8.71. The summed E-state index contributed by atoms with van der Waals surface area (Å²) in [6.07, 6.45) is 8.85. The van der Waals surface area contributed by atoms with E-state index in [2.05, 4.69) is 39.5 Å². The lowest BCUT2D eigenvalue weighted by molar-refractivity contribution is 0.286. The Kier molecular flexibility index (Phi) is 7.96. The summed E-state index contributed by atoms with van der Waals surface area (Å²) in [4.78, 5) is 0. The molecule has 0 unspecified atom stereocenters. The Morgan fingerprint density at radius 3 is 2.65 bits per heavy atom. The number of halogens is 1. The quantitative estimate of drug-likeness (QED) is 0.469. The highest BCUT2D eigenvalue weighted by atomic mass is 79.9. The molecular formula is C19H28BrNO2. The van der Waals surface area contributed by atoms with Gasteiger partial charge in [-0.15, -0.1) is 0 Å². The zero-order chi connectivity index (χ0) is 16.5. The van der Waals surface area contributed by atoms with Gasteiger partial charge >= 0.3 is 0 Å². The van der Waals surface area contributed by atoms with Crippen LogP contribution in [-0.2, 0) is 6.54 Å². The maximum atomic E-state index is 5.72. The predicted octanol–water partition coefficient (Wildman–Crippen LogP) is 5.23. The van der Waals surface area contributed by atoms with Crippen LogP contribution < -0.4 is 14.8 Å². The smallest absolute Gasteiger partial charge is 0.175 e. The van der Waals surface area contributed by atoms with E-state index < -0.39 is 0 Å². The number of rotatable bonds is 9. The Labute approximate surface area is 148 Å². The molecule has 2 rings (SSSR count). The third kappa shape index (κ3) is 5.85. The molecule has 3 nitrogen and oxygen atoms in total. The Balaban J connectivity index is 1.90. The first kappa shape index (κ1) is 18.3. The molecule has 1 aliphatic rings. The number of hydrogen-bond acceptors (Lipinski definition) is 3. The van der Waals surface area contributed by atoms with E-state index >= 15 is 0 Å². The molecule has 0 bridgehead atoms. The SMILES string of the molecule is CCOc1cc(CNCCC2=CCCCC2)cc(Br)c1OCC. The largest absolute Gasteiger partial charge is 0.490 e. The van der Waals surface area contributed by atoms with Gasteiger partial charge in [0.15, 0.2) is 11.5 Å². The topological polar surface area (TPSA) is 30.5 Å². The molecule has 1 aromatic rings. The Morgan fingerprint density at radius 2 is 1.96 bits per heavy atom. The molecule has 0 fully saturated rings. The second-order valence-corrected chi connectivity index (χ2v) is 6.66. The molecule has 0 spiro atoms. The van der Waals surface area contributed by atoms with Crippen LogP contribution in [-0.4, -0.2) is 19.8 Å². The van der Waals surface area contributed by atoms with Crippen molar-refractivity contribution in [2.45, 2.75) is 52.5 Å². The molecule has 0 radical (unpaired) electrons. The molecule has 0 atom stereocenters. The molecule has 1 aromatic carbocycles. The Bertz CT molecular complexity index is 528. The molecular weight excluding hydrogens is 354 g/mol. The normalized spacial score (nSPS) is 14.5. The van der Waals surface area contributed by atoms with Crippen molar-refractivity contribution < 1.29 is 9.47 Å². The number of ether oxygens (including phenoxy) is 2. The van der Waals surface area contributed by atoms with Gasteiger partial charge in [0.05, 0.1) is 17.7 Å². The number of benzene rings is 1. The predicted molar refractivity (Wildman–Crippen MR) is 99.4 cm³/mol. The van der Waals surface area contributed by atoms with Crippen LogP contribution in [0, 0.1) is 0 Å². The van der Waals surface area contributed by atoms with E-state index in [0.717, 1.165) is 35.5 Å². The van der Waals surface area contributed by atoms with Gasteiger partial charge in [-0.25, -0.2) is 0 Å². The van der Waals surface area contributed by atoms with Gasteiger partial charge in [0.1, 0.15) is 0 Å². The van der Waals surface area contributed by atoms with Gasteiger partial charge in [-0.1, -0.05) is 11.6 Å². The molecule has 0 aliphatic heterocycles. The molecule has 23 heavy (non-hydrogen) atoms. The van der Waals surface area contributed by atoms with Crippen molar-refractivity contribution in [1.29, 1.82) is 0 Å². The fraction of sp³-hybridized carbons (Fsp3) is 0.579. The number of hydrogen-bond donors (Lipinski definition) is 1. The van der Waals surface area contributed by atoms with Crippen LogP contribution in [0.3, 0.4) is 0 Å².